The minimum absolute atomic E-state index is 0.432. The van der Waals surface area contributed by atoms with E-state index in [-0.39, 0.29) is 0 Å². The van der Waals surface area contributed by atoms with E-state index in [0.717, 1.165) is 42.7 Å². The summed E-state index contributed by atoms with van der Waals surface area (Å²) in [6, 6.07) is 11.5. The van der Waals surface area contributed by atoms with Gasteiger partial charge in [0, 0.05) is 43.1 Å². The molecule has 1 aromatic heterocycles. The second kappa shape index (κ2) is 6.23. The van der Waals surface area contributed by atoms with Crippen molar-refractivity contribution >= 4 is 29.0 Å². The molecule has 0 spiro atoms. The number of piperazine rings is 1. The summed E-state index contributed by atoms with van der Waals surface area (Å²) in [5.41, 5.74) is 6.80. The van der Waals surface area contributed by atoms with Gasteiger partial charge in [-0.05, 0) is 30.3 Å². The molecule has 0 radical (unpaired) electrons. The predicted octanol–water partition coefficient (Wildman–Crippen LogP) is 2.16. The molecule has 1 aliphatic rings. The number of rotatable bonds is 3. The predicted molar refractivity (Wildman–Crippen MR) is 88.6 cm³/mol. The summed E-state index contributed by atoms with van der Waals surface area (Å²) in [5, 5.41) is 0.753. The average molecular weight is 317 g/mol. The fourth-order valence-corrected chi connectivity index (χ4v) is 2.77. The number of carbonyl (C=O) groups excluding carboxylic acids is 1. The molecule has 0 saturated carbocycles. The summed E-state index contributed by atoms with van der Waals surface area (Å²) in [6.45, 7) is 3.55. The van der Waals surface area contributed by atoms with Crippen molar-refractivity contribution in [2.75, 3.05) is 36.0 Å². The van der Waals surface area contributed by atoms with Crippen LogP contribution >= 0.6 is 11.6 Å². The monoisotopic (exact) mass is 316 g/mol. The van der Waals surface area contributed by atoms with Crippen LogP contribution in [0.1, 0.15) is 10.4 Å². The van der Waals surface area contributed by atoms with Crippen molar-refractivity contribution in [3.63, 3.8) is 0 Å². The number of nitrogens with two attached hydrogens (primary N) is 1. The largest absolute Gasteiger partial charge is 0.368 e. The van der Waals surface area contributed by atoms with Gasteiger partial charge in [-0.15, -0.1) is 0 Å². The van der Waals surface area contributed by atoms with Gasteiger partial charge in [0.05, 0.1) is 5.56 Å². The van der Waals surface area contributed by atoms with Crippen LogP contribution in [0.5, 0.6) is 0 Å². The molecule has 5 nitrogen and oxygen atoms in total. The molecular formula is C16H17ClN4O. The van der Waals surface area contributed by atoms with Crippen LogP contribution in [0.4, 0.5) is 11.5 Å². The van der Waals surface area contributed by atoms with Gasteiger partial charge < -0.3 is 15.5 Å². The molecule has 0 atom stereocenters. The zero-order chi connectivity index (χ0) is 15.5. The van der Waals surface area contributed by atoms with Gasteiger partial charge in [0.15, 0.2) is 0 Å². The first kappa shape index (κ1) is 14.7. The first-order valence-corrected chi connectivity index (χ1v) is 7.52. The fourth-order valence-electron chi connectivity index (χ4n) is 2.59. The zero-order valence-electron chi connectivity index (χ0n) is 12.1. The van der Waals surface area contributed by atoms with E-state index in [1.54, 1.807) is 6.07 Å². The number of carbonyl (C=O) groups is 1. The summed E-state index contributed by atoms with van der Waals surface area (Å²) < 4.78 is 0. The highest BCUT2D eigenvalue weighted by Gasteiger charge is 2.18. The van der Waals surface area contributed by atoms with Crippen LogP contribution in [0.3, 0.4) is 0 Å². The molecule has 1 fully saturated rings. The molecular weight excluding hydrogens is 300 g/mol. The van der Waals surface area contributed by atoms with E-state index in [4.69, 9.17) is 17.3 Å². The van der Waals surface area contributed by atoms with Gasteiger partial charge in [0.1, 0.15) is 5.82 Å². The standard InChI is InChI=1S/C16H17ClN4O/c17-13-2-1-3-14(10-13)20-6-8-21(9-7-20)15-5-4-12(11-19-15)16(18)22/h1-5,10-11H,6-9H2,(H2,18,22). The molecule has 2 heterocycles. The Labute approximate surface area is 134 Å². The average Bonchev–Trinajstić information content (AvgIpc) is 2.55. The quantitative estimate of drug-likeness (QED) is 0.942. The second-order valence-corrected chi connectivity index (χ2v) is 5.66. The van der Waals surface area contributed by atoms with E-state index < -0.39 is 5.91 Å². The third kappa shape index (κ3) is 3.14. The lowest BCUT2D eigenvalue weighted by Crippen LogP contribution is -2.46. The fraction of sp³-hybridized carbons (Fsp3) is 0.250. The number of hydrogen-bond donors (Lipinski definition) is 1. The molecule has 2 aromatic rings. The van der Waals surface area contributed by atoms with Crippen LogP contribution in [0.25, 0.3) is 0 Å². The Hall–Kier alpha value is -2.27. The van der Waals surface area contributed by atoms with Gasteiger partial charge in [0.25, 0.3) is 0 Å². The lowest BCUT2D eigenvalue weighted by molar-refractivity contribution is 0.1000. The molecule has 0 aliphatic carbocycles. The van der Waals surface area contributed by atoms with Crippen molar-refractivity contribution < 1.29 is 4.79 Å². The van der Waals surface area contributed by atoms with Crippen LogP contribution in [-0.2, 0) is 0 Å². The van der Waals surface area contributed by atoms with Gasteiger partial charge in [-0.25, -0.2) is 4.98 Å². The molecule has 1 aliphatic heterocycles. The molecule has 2 N–H and O–H groups in total. The number of primary amides is 1. The van der Waals surface area contributed by atoms with Crippen molar-refractivity contribution in [3.05, 3.63) is 53.2 Å². The molecule has 22 heavy (non-hydrogen) atoms. The maximum atomic E-state index is 11.1. The normalized spacial score (nSPS) is 15.0. The highest BCUT2D eigenvalue weighted by Crippen LogP contribution is 2.22. The number of aromatic nitrogens is 1. The number of benzene rings is 1. The highest BCUT2D eigenvalue weighted by atomic mass is 35.5. The second-order valence-electron chi connectivity index (χ2n) is 5.22. The minimum Gasteiger partial charge on any atom is -0.368 e. The summed E-state index contributed by atoms with van der Waals surface area (Å²) >= 11 is 6.04. The van der Waals surface area contributed by atoms with E-state index in [9.17, 15) is 4.79 Å². The van der Waals surface area contributed by atoms with Crippen molar-refractivity contribution in [2.45, 2.75) is 0 Å². The van der Waals surface area contributed by atoms with Gasteiger partial charge in [-0.1, -0.05) is 17.7 Å². The van der Waals surface area contributed by atoms with E-state index in [0.29, 0.717) is 5.56 Å². The lowest BCUT2D eigenvalue weighted by atomic mass is 10.2. The molecule has 1 saturated heterocycles. The van der Waals surface area contributed by atoms with Crippen LogP contribution in [-0.4, -0.2) is 37.1 Å². The summed E-state index contributed by atoms with van der Waals surface area (Å²) in [7, 11) is 0. The number of hydrogen-bond acceptors (Lipinski definition) is 4. The lowest BCUT2D eigenvalue weighted by Gasteiger charge is -2.36. The molecule has 114 valence electrons. The third-order valence-electron chi connectivity index (χ3n) is 3.81. The SMILES string of the molecule is NC(=O)c1ccc(N2CCN(c3cccc(Cl)c3)CC2)nc1. The molecule has 1 aromatic carbocycles. The van der Waals surface area contributed by atoms with Gasteiger partial charge in [-0.2, -0.15) is 0 Å². The Morgan fingerprint density at radius 1 is 1.09 bits per heavy atom. The Morgan fingerprint density at radius 3 is 2.41 bits per heavy atom. The van der Waals surface area contributed by atoms with Gasteiger partial charge in [-0.3, -0.25) is 4.79 Å². The summed E-state index contributed by atoms with van der Waals surface area (Å²) in [6.07, 6.45) is 1.53. The van der Waals surface area contributed by atoms with Crippen LogP contribution in [0.2, 0.25) is 5.02 Å². The van der Waals surface area contributed by atoms with Crippen LogP contribution < -0.4 is 15.5 Å². The molecule has 0 unspecified atom stereocenters. The Balaban J connectivity index is 1.65. The molecule has 1 amide bonds. The third-order valence-corrected chi connectivity index (χ3v) is 4.04. The maximum Gasteiger partial charge on any atom is 0.250 e. The molecule has 3 rings (SSSR count). The van der Waals surface area contributed by atoms with Gasteiger partial charge in [0.2, 0.25) is 5.91 Å². The Morgan fingerprint density at radius 2 is 1.82 bits per heavy atom. The smallest absolute Gasteiger partial charge is 0.250 e. The molecule has 0 bridgehead atoms. The number of halogens is 1. The van der Waals surface area contributed by atoms with Crippen molar-refractivity contribution in [1.29, 1.82) is 0 Å². The van der Waals surface area contributed by atoms with E-state index in [2.05, 4.69) is 20.9 Å². The van der Waals surface area contributed by atoms with E-state index in [1.165, 1.54) is 6.20 Å². The Kier molecular flexibility index (Phi) is 4.15. The Bertz CT molecular complexity index is 666. The van der Waals surface area contributed by atoms with Crippen molar-refractivity contribution in [2.24, 2.45) is 5.73 Å². The van der Waals surface area contributed by atoms with Crippen molar-refractivity contribution in [3.8, 4) is 0 Å². The first-order chi connectivity index (χ1) is 10.6. The maximum absolute atomic E-state index is 11.1. The topological polar surface area (TPSA) is 62.5 Å². The first-order valence-electron chi connectivity index (χ1n) is 7.15. The van der Waals surface area contributed by atoms with Crippen molar-refractivity contribution in [1.82, 2.24) is 4.98 Å². The summed E-state index contributed by atoms with van der Waals surface area (Å²) in [5.74, 6) is 0.417. The van der Waals surface area contributed by atoms with Gasteiger partial charge >= 0.3 is 0 Å². The number of nitrogens with zero attached hydrogens (tertiary/aromatic N) is 3. The minimum atomic E-state index is -0.454. The van der Waals surface area contributed by atoms with Crippen LogP contribution in [0.15, 0.2) is 42.6 Å². The summed E-state index contributed by atoms with van der Waals surface area (Å²) in [4.78, 5) is 19.9. The number of amides is 1. The highest BCUT2D eigenvalue weighted by molar-refractivity contribution is 6.30. The zero-order valence-corrected chi connectivity index (χ0v) is 12.8. The number of pyridine rings is 1. The van der Waals surface area contributed by atoms with E-state index >= 15 is 0 Å². The number of anilines is 2. The molecule has 6 heteroatoms. The van der Waals surface area contributed by atoms with Crippen LogP contribution in [0, 0.1) is 0 Å². The van der Waals surface area contributed by atoms with E-state index in [1.807, 2.05) is 24.3 Å².